The Hall–Kier alpha value is -4.26. The summed E-state index contributed by atoms with van der Waals surface area (Å²) >= 11 is 11.9. The van der Waals surface area contributed by atoms with E-state index in [-0.39, 0.29) is 13.1 Å². The molecule has 0 bridgehead atoms. The molecule has 6 aromatic rings. The summed E-state index contributed by atoms with van der Waals surface area (Å²) in [6.45, 7) is 1.86. The average molecular weight is 669 g/mol. The van der Waals surface area contributed by atoms with Crippen LogP contribution in [0.3, 0.4) is 0 Å². The van der Waals surface area contributed by atoms with Crippen LogP contribution < -0.4 is 11.0 Å². The van der Waals surface area contributed by atoms with E-state index < -0.39 is 18.3 Å². The summed E-state index contributed by atoms with van der Waals surface area (Å²) in [4.78, 5) is 0. The molecule has 0 aliphatic carbocycles. The summed E-state index contributed by atoms with van der Waals surface area (Å²) in [5.41, 5.74) is 10.2. The van der Waals surface area contributed by atoms with Gasteiger partial charge in [-0.2, -0.15) is 10.2 Å². The van der Waals surface area contributed by atoms with E-state index in [1.165, 1.54) is 0 Å². The predicted molar refractivity (Wildman–Crippen MR) is 188 cm³/mol. The maximum Gasteiger partial charge on any atom is 0.373 e. The average Bonchev–Trinajstić information content (AvgIpc) is 3.84. The van der Waals surface area contributed by atoms with Gasteiger partial charge < -0.3 is 26.2 Å². The van der Waals surface area contributed by atoms with Crippen LogP contribution in [0.4, 0.5) is 0 Å². The molecule has 6 rings (SSSR count). The minimum absolute atomic E-state index is 0.0830. The number of aromatic nitrogens is 4. The molecule has 8 N–H and O–H groups in total. The maximum absolute atomic E-state index is 11.4. The van der Waals surface area contributed by atoms with Crippen molar-refractivity contribution in [2.75, 3.05) is 13.1 Å². The molecule has 0 amide bonds. The Bertz CT molecular complexity index is 1820. The molecule has 0 fully saturated rings. The summed E-state index contributed by atoms with van der Waals surface area (Å²) in [7, 11) is -0.732. The minimum atomic E-state index is -1.30. The van der Waals surface area contributed by atoms with Gasteiger partial charge in [0.25, 0.3) is 0 Å². The normalized spacial score (nSPS) is 13.6. The van der Waals surface area contributed by atoms with Crippen molar-refractivity contribution in [3.63, 3.8) is 0 Å². The third-order valence-corrected chi connectivity index (χ3v) is 8.48. The maximum atomic E-state index is 11.4. The molecular weight excluding hydrogens is 634 g/mol. The number of aliphatic hydroxyl groups is 2. The van der Waals surface area contributed by atoms with E-state index in [0.29, 0.717) is 15.6 Å². The Labute approximate surface area is 283 Å². The molecule has 2 heterocycles. The summed E-state index contributed by atoms with van der Waals surface area (Å²) < 4.78 is 0. The van der Waals surface area contributed by atoms with Crippen molar-refractivity contribution in [3.05, 3.63) is 154 Å². The van der Waals surface area contributed by atoms with E-state index in [4.69, 9.17) is 28.9 Å². The summed E-state index contributed by atoms with van der Waals surface area (Å²) in [5, 5.41) is 49.5. The van der Waals surface area contributed by atoms with Gasteiger partial charge in [-0.25, -0.2) is 0 Å². The van der Waals surface area contributed by atoms with Crippen LogP contribution >= 0.6 is 23.2 Å². The number of halogens is 2. The first-order valence-corrected chi connectivity index (χ1v) is 15.7. The molecule has 9 nitrogen and oxygen atoms in total. The number of rotatable bonds is 10. The second-order valence-electron chi connectivity index (χ2n) is 11.1. The van der Waals surface area contributed by atoms with Gasteiger partial charge in [-0.15, -0.1) is 0 Å². The number of nitrogens with zero attached hydrogens (tertiary/aromatic N) is 2. The number of aromatic amines is 2. The van der Waals surface area contributed by atoms with Crippen LogP contribution in [0.2, 0.25) is 16.9 Å². The van der Waals surface area contributed by atoms with E-state index >= 15 is 0 Å². The molecular formula is C35H35BCl2N6O3. The lowest BCUT2D eigenvalue weighted by atomic mass is 9.81. The molecule has 4 aromatic carbocycles. The lowest BCUT2D eigenvalue weighted by molar-refractivity contribution is 0.0847. The van der Waals surface area contributed by atoms with E-state index in [2.05, 4.69) is 25.6 Å². The zero-order valence-electron chi connectivity index (χ0n) is 25.6. The van der Waals surface area contributed by atoms with Crippen LogP contribution in [0.15, 0.2) is 122 Å². The molecule has 2 unspecified atom stereocenters. The highest BCUT2D eigenvalue weighted by molar-refractivity contribution is 6.45. The van der Waals surface area contributed by atoms with Gasteiger partial charge in [0.1, 0.15) is 11.2 Å². The van der Waals surface area contributed by atoms with Crippen LogP contribution in [0.25, 0.3) is 22.3 Å². The van der Waals surface area contributed by atoms with Gasteiger partial charge in [-0.05, 0) is 64.5 Å². The Morgan fingerprint density at radius 1 is 0.638 bits per heavy atom. The minimum Gasteiger partial charge on any atom is -0.437 e. The topological polar surface area (TPSA) is 156 Å². The molecule has 0 saturated carbocycles. The first-order chi connectivity index (χ1) is 22.6. The third-order valence-electron chi connectivity index (χ3n) is 7.98. The molecule has 0 aliphatic rings. The fourth-order valence-electron chi connectivity index (χ4n) is 5.21. The summed E-state index contributed by atoms with van der Waals surface area (Å²) in [6.07, 6.45) is 7.14. The lowest BCUT2D eigenvalue weighted by Gasteiger charge is -2.30. The first-order valence-electron chi connectivity index (χ1n) is 14.9. The van der Waals surface area contributed by atoms with Gasteiger partial charge in [-0.1, -0.05) is 96.0 Å². The summed E-state index contributed by atoms with van der Waals surface area (Å²) in [6, 6.07) is 29.4. The molecule has 0 spiro atoms. The largest absolute Gasteiger partial charge is 0.437 e. The Morgan fingerprint density at radius 2 is 1.00 bits per heavy atom. The highest BCUT2D eigenvalue weighted by Gasteiger charge is 2.32. The molecule has 0 aliphatic heterocycles. The SMILES string of the molecule is CB(O)NCC(O)(c1ccc(Cl)cc1)c1ccc(-c2cn[nH]c2)cc1.NCC(O)(c1ccc(Cl)cc1)c1ccc(-c2cn[nH]c2)cc1. The van der Waals surface area contributed by atoms with Crippen LogP contribution in [0.1, 0.15) is 22.3 Å². The molecule has 0 radical (unpaired) electrons. The van der Waals surface area contributed by atoms with Crippen molar-refractivity contribution in [1.29, 1.82) is 0 Å². The van der Waals surface area contributed by atoms with Gasteiger partial charge >= 0.3 is 7.05 Å². The highest BCUT2D eigenvalue weighted by atomic mass is 35.5. The molecule has 0 saturated heterocycles. The van der Waals surface area contributed by atoms with Crippen molar-refractivity contribution in [3.8, 4) is 22.3 Å². The molecule has 2 atom stereocenters. The number of nitrogens with one attached hydrogen (secondary N) is 3. The van der Waals surface area contributed by atoms with Crippen molar-refractivity contribution in [2.45, 2.75) is 18.0 Å². The highest BCUT2D eigenvalue weighted by Crippen LogP contribution is 2.33. The second-order valence-corrected chi connectivity index (χ2v) is 12.0. The summed E-state index contributed by atoms with van der Waals surface area (Å²) in [5.74, 6) is 0. The van der Waals surface area contributed by atoms with E-state index in [1.807, 2.05) is 60.9 Å². The van der Waals surface area contributed by atoms with E-state index in [1.54, 1.807) is 67.7 Å². The Kier molecular flexibility index (Phi) is 11.0. The molecule has 240 valence electrons. The van der Waals surface area contributed by atoms with E-state index in [0.717, 1.165) is 38.9 Å². The van der Waals surface area contributed by atoms with Gasteiger partial charge in [-0.3, -0.25) is 10.2 Å². The van der Waals surface area contributed by atoms with Gasteiger partial charge in [0.2, 0.25) is 0 Å². The zero-order chi connectivity index (χ0) is 33.4. The van der Waals surface area contributed by atoms with E-state index in [9.17, 15) is 15.2 Å². The van der Waals surface area contributed by atoms with Crippen molar-refractivity contribution < 1.29 is 15.2 Å². The number of hydrogen-bond donors (Lipinski definition) is 7. The quantitative estimate of drug-likeness (QED) is 0.0938. The second kappa shape index (κ2) is 15.1. The fraction of sp³-hybridized carbons (Fsp3) is 0.143. The molecule has 12 heteroatoms. The van der Waals surface area contributed by atoms with Gasteiger partial charge in [0.15, 0.2) is 0 Å². The smallest absolute Gasteiger partial charge is 0.373 e. The molecule has 2 aromatic heterocycles. The Balaban J connectivity index is 0.000000186. The molecule has 47 heavy (non-hydrogen) atoms. The van der Waals surface area contributed by atoms with Crippen LogP contribution in [-0.2, 0) is 11.2 Å². The number of benzene rings is 4. The van der Waals surface area contributed by atoms with Gasteiger partial charge in [0.05, 0.1) is 12.4 Å². The lowest BCUT2D eigenvalue weighted by Crippen LogP contribution is -2.44. The Morgan fingerprint density at radius 3 is 1.32 bits per heavy atom. The third kappa shape index (κ3) is 8.01. The van der Waals surface area contributed by atoms with Gasteiger partial charge in [0, 0.05) is 46.7 Å². The number of H-pyrrole nitrogens is 2. The van der Waals surface area contributed by atoms with Crippen LogP contribution in [-0.4, -0.2) is 55.8 Å². The monoisotopic (exact) mass is 668 g/mol. The zero-order valence-corrected chi connectivity index (χ0v) is 27.1. The van der Waals surface area contributed by atoms with Crippen LogP contribution in [0, 0.1) is 0 Å². The predicted octanol–water partition coefficient (Wildman–Crippen LogP) is 5.59. The van der Waals surface area contributed by atoms with Crippen molar-refractivity contribution in [1.82, 2.24) is 25.6 Å². The standard InChI is InChI=1S/C18H19BClN3O2.C17H16ClN3O/c1-19(25)21-12-18(24,16-6-8-17(20)9-7-16)15-4-2-13(3-5-15)14-10-22-23-11-14;18-16-7-5-15(6-8-16)17(22,11-19)14-3-1-12(2-4-14)13-9-20-21-10-13/h2-11,21,24-25H,12H2,1H3,(H,22,23);1-10,22H,11,19H2,(H,20,21). The number of nitrogens with two attached hydrogens (primary N) is 1. The van der Waals surface area contributed by atoms with Crippen molar-refractivity contribution in [2.24, 2.45) is 5.73 Å². The fourth-order valence-corrected chi connectivity index (χ4v) is 5.47. The van der Waals surface area contributed by atoms with Crippen LogP contribution in [0.5, 0.6) is 0 Å². The number of hydrogen-bond acceptors (Lipinski definition) is 7. The van der Waals surface area contributed by atoms with Crippen molar-refractivity contribution >= 4 is 30.3 Å². The first kappa shape index (κ1) is 34.1.